The Bertz CT molecular complexity index is 99.2. The number of hydrogen-bond donors (Lipinski definition) is 0. The van der Waals surface area contributed by atoms with Gasteiger partial charge in [0.15, 0.2) is 0 Å². The minimum absolute atomic E-state index is 0.862. The van der Waals surface area contributed by atoms with E-state index in [0.29, 0.717) is 0 Å². The summed E-state index contributed by atoms with van der Waals surface area (Å²) in [5.41, 5.74) is 0. The average Bonchev–Trinajstić information content (AvgIpc) is 1.80. The van der Waals surface area contributed by atoms with E-state index in [2.05, 4.69) is 41.5 Å². The van der Waals surface area contributed by atoms with Crippen molar-refractivity contribution in [3.8, 4) is 0 Å². The van der Waals surface area contributed by atoms with Crippen LogP contribution in [0.5, 0.6) is 0 Å². The topological polar surface area (TPSA) is 0 Å². The highest BCUT2D eigenvalue weighted by atomic mass is 14.2. The van der Waals surface area contributed by atoms with E-state index >= 15 is 0 Å². The Morgan fingerprint density at radius 2 is 0.846 bits per heavy atom. The normalized spacial score (nSPS) is 16.6. The minimum atomic E-state index is 0.862. The third kappa shape index (κ3) is 8.33. The van der Waals surface area contributed by atoms with Gasteiger partial charge in [0.2, 0.25) is 0 Å². The predicted octanol–water partition coefficient (Wildman–Crippen LogP) is 4.74. The van der Waals surface area contributed by atoms with E-state index in [9.17, 15) is 0 Å². The molecular weight excluding hydrogens is 156 g/mol. The molecule has 0 bridgehead atoms. The van der Waals surface area contributed by atoms with Crippen molar-refractivity contribution in [1.82, 2.24) is 0 Å². The quantitative estimate of drug-likeness (QED) is 0.559. The summed E-state index contributed by atoms with van der Waals surface area (Å²) in [6, 6.07) is 0. The van der Waals surface area contributed by atoms with Crippen LogP contribution in [0.4, 0.5) is 0 Å². The van der Waals surface area contributed by atoms with Crippen molar-refractivity contribution < 1.29 is 0 Å². The van der Waals surface area contributed by atoms with E-state index in [1.807, 2.05) is 0 Å². The largest absolute Gasteiger partial charge is 0.0628 e. The van der Waals surface area contributed by atoms with Crippen molar-refractivity contribution in [3.05, 3.63) is 0 Å². The lowest BCUT2D eigenvalue weighted by Gasteiger charge is -2.20. The average molecular weight is 184 g/mol. The second-order valence-electron chi connectivity index (χ2n) is 5.71. The van der Waals surface area contributed by atoms with Gasteiger partial charge >= 0.3 is 0 Å². The molecular formula is C13H28. The molecule has 0 amide bonds. The Kier molecular flexibility index (Phi) is 6.45. The third-order valence-electron chi connectivity index (χ3n) is 2.55. The molecule has 0 aliphatic heterocycles. The van der Waals surface area contributed by atoms with Gasteiger partial charge in [-0.25, -0.2) is 0 Å². The fourth-order valence-corrected chi connectivity index (χ4v) is 2.49. The molecule has 80 valence electrons. The second kappa shape index (κ2) is 6.45. The van der Waals surface area contributed by atoms with Crippen molar-refractivity contribution in [2.75, 3.05) is 0 Å². The van der Waals surface area contributed by atoms with Gasteiger partial charge in [0.05, 0.1) is 0 Å². The van der Waals surface area contributed by atoms with Crippen LogP contribution in [0.3, 0.4) is 0 Å². The molecule has 13 heavy (non-hydrogen) atoms. The molecule has 0 saturated heterocycles. The van der Waals surface area contributed by atoms with Gasteiger partial charge in [-0.2, -0.15) is 0 Å². The van der Waals surface area contributed by atoms with Crippen LogP contribution >= 0.6 is 0 Å². The van der Waals surface area contributed by atoms with Gasteiger partial charge in [0.1, 0.15) is 0 Å². The molecule has 0 aliphatic rings. The van der Waals surface area contributed by atoms with Crippen molar-refractivity contribution in [3.63, 3.8) is 0 Å². The molecule has 0 nitrogen and oxygen atoms in total. The summed E-state index contributed by atoms with van der Waals surface area (Å²) >= 11 is 0. The molecule has 0 spiro atoms. The van der Waals surface area contributed by atoms with Gasteiger partial charge in [-0.1, -0.05) is 41.5 Å². The number of hydrogen-bond acceptors (Lipinski definition) is 0. The highest BCUT2D eigenvalue weighted by Gasteiger charge is 2.11. The predicted molar refractivity (Wildman–Crippen MR) is 61.9 cm³/mol. The van der Waals surface area contributed by atoms with Gasteiger partial charge < -0.3 is 0 Å². The van der Waals surface area contributed by atoms with Crippen LogP contribution in [0.15, 0.2) is 0 Å². The van der Waals surface area contributed by atoms with E-state index in [0.717, 1.165) is 23.7 Å². The summed E-state index contributed by atoms with van der Waals surface area (Å²) in [5, 5.41) is 0. The zero-order valence-corrected chi connectivity index (χ0v) is 10.4. The monoisotopic (exact) mass is 184 g/mol. The lowest BCUT2D eigenvalue weighted by molar-refractivity contribution is 0.320. The van der Waals surface area contributed by atoms with Gasteiger partial charge in [-0.3, -0.25) is 0 Å². The van der Waals surface area contributed by atoms with Gasteiger partial charge in [0, 0.05) is 0 Å². The zero-order chi connectivity index (χ0) is 10.4. The Morgan fingerprint density at radius 1 is 0.538 bits per heavy atom. The lowest BCUT2D eigenvalue weighted by Crippen LogP contribution is -2.08. The lowest BCUT2D eigenvalue weighted by atomic mass is 9.86. The van der Waals surface area contributed by atoms with Crippen LogP contribution in [0.1, 0.15) is 60.8 Å². The van der Waals surface area contributed by atoms with Crippen molar-refractivity contribution in [1.29, 1.82) is 0 Å². The summed E-state index contributed by atoms with van der Waals surface area (Å²) in [6.45, 7) is 14.1. The SMILES string of the molecule is CC(C)C[C@H](C)C[C@@H](C)CC(C)C. The Labute approximate surface area is 85.1 Å². The van der Waals surface area contributed by atoms with E-state index in [1.54, 1.807) is 0 Å². The van der Waals surface area contributed by atoms with Crippen molar-refractivity contribution >= 4 is 0 Å². The summed E-state index contributed by atoms with van der Waals surface area (Å²) in [5.74, 6) is 3.55. The fourth-order valence-electron chi connectivity index (χ4n) is 2.49. The molecule has 0 aromatic heterocycles. The smallest absolute Gasteiger partial charge is 0.0438 e. The van der Waals surface area contributed by atoms with Crippen LogP contribution in [-0.2, 0) is 0 Å². The molecule has 0 N–H and O–H groups in total. The Balaban J connectivity index is 3.58. The van der Waals surface area contributed by atoms with Crippen LogP contribution in [0, 0.1) is 23.7 Å². The van der Waals surface area contributed by atoms with E-state index in [4.69, 9.17) is 0 Å². The standard InChI is InChI=1S/C13H28/c1-10(2)7-12(5)9-13(6)8-11(3)4/h10-13H,7-9H2,1-6H3/t12-,13-/m0/s1. The molecule has 0 aromatic rings. The molecule has 0 heteroatoms. The molecule has 0 radical (unpaired) electrons. The summed E-state index contributed by atoms with van der Waals surface area (Å²) < 4.78 is 0. The highest BCUT2D eigenvalue weighted by molar-refractivity contribution is 4.63. The van der Waals surface area contributed by atoms with Crippen LogP contribution in [-0.4, -0.2) is 0 Å². The summed E-state index contributed by atoms with van der Waals surface area (Å²) in [7, 11) is 0. The van der Waals surface area contributed by atoms with E-state index < -0.39 is 0 Å². The summed E-state index contributed by atoms with van der Waals surface area (Å²) in [4.78, 5) is 0. The molecule has 0 unspecified atom stereocenters. The highest BCUT2D eigenvalue weighted by Crippen LogP contribution is 2.23. The first-order valence-corrected chi connectivity index (χ1v) is 5.91. The minimum Gasteiger partial charge on any atom is -0.0628 e. The summed E-state index contributed by atoms with van der Waals surface area (Å²) in [6.07, 6.45) is 4.20. The first-order chi connectivity index (χ1) is 5.91. The Hall–Kier alpha value is 0. The number of rotatable bonds is 6. The molecule has 0 fully saturated rings. The van der Waals surface area contributed by atoms with E-state index in [1.165, 1.54) is 19.3 Å². The first-order valence-electron chi connectivity index (χ1n) is 5.91. The zero-order valence-electron chi connectivity index (χ0n) is 10.4. The van der Waals surface area contributed by atoms with Gasteiger partial charge in [-0.15, -0.1) is 0 Å². The first kappa shape index (κ1) is 13.0. The molecule has 0 saturated carbocycles. The maximum atomic E-state index is 2.40. The molecule has 0 aromatic carbocycles. The maximum Gasteiger partial charge on any atom is -0.0438 e. The van der Waals surface area contributed by atoms with Crippen molar-refractivity contribution in [2.45, 2.75) is 60.8 Å². The molecule has 0 heterocycles. The third-order valence-corrected chi connectivity index (χ3v) is 2.55. The second-order valence-corrected chi connectivity index (χ2v) is 5.71. The van der Waals surface area contributed by atoms with Gasteiger partial charge in [-0.05, 0) is 42.9 Å². The van der Waals surface area contributed by atoms with E-state index in [-0.39, 0.29) is 0 Å². The van der Waals surface area contributed by atoms with Crippen molar-refractivity contribution in [2.24, 2.45) is 23.7 Å². The fraction of sp³-hybridized carbons (Fsp3) is 1.00. The van der Waals surface area contributed by atoms with Gasteiger partial charge in [0.25, 0.3) is 0 Å². The van der Waals surface area contributed by atoms with Crippen LogP contribution in [0.2, 0.25) is 0 Å². The molecule has 0 aliphatic carbocycles. The van der Waals surface area contributed by atoms with Crippen LogP contribution < -0.4 is 0 Å². The maximum absolute atomic E-state index is 2.40. The molecule has 2 atom stereocenters. The molecule has 0 rings (SSSR count). The Morgan fingerprint density at radius 3 is 1.08 bits per heavy atom. The van der Waals surface area contributed by atoms with Crippen LogP contribution in [0.25, 0.3) is 0 Å².